The van der Waals surface area contributed by atoms with Crippen LogP contribution in [-0.2, 0) is 0 Å². The van der Waals surface area contributed by atoms with Crippen molar-refractivity contribution < 1.29 is 4.79 Å². The van der Waals surface area contributed by atoms with E-state index in [2.05, 4.69) is 48.6 Å². The van der Waals surface area contributed by atoms with Crippen molar-refractivity contribution in [2.24, 2.45) is 0 Å². The number of carbonyl (C=O) groups excluding carboxylic acids is 1. The Hall–Kier alpha value is -3.65. The molecule has 1 aliphatic heterocycles. The fourth-order valence-corrected chi connectivity index (χ4v) is 4.85. The van der Waals surface area contributed by atoms with Gasteiger partial charge in [-0.3, -0.25) is 15.0 Å². The molecule has 1 saturated heterocycles. The summed E-state index contributed by atoms with van der Waals surface area (Å²) in [6, 6.07) is 12.0. The number of rotatable bonds is 5. The Bertz CT molecular complexity index is 1340. The predicted octanol–water partition coefficient (Wildman–Crippen LogP) is 4.14. The summed E-state index contributed by atoms with van der Waals surface area (Å²) >= 11 is 0. The summed E-state index contributed by atoms with van der Waals surface area (Å²) in [6.07, 6.45) is 4.11. The molecule has 34 heavy (non-hydrogen) atoms. The lowest BCUT2D eigenvalue weighted by atomic mass is 9.99. The molecular weight excluding hydrogens is 426 g/mol. The second-order valence-corrected chi connectivity index (χ2v) is 9.53. The van der Waals surface area contributed by atoms with E-state index in [4.69, 9.17) is 0 Å². The molecule has 6 rings (SSSR count). The van der Waals surface area contributed by atoms with Gasteiger partial charge in [0.25, 0.3) is 5.91 Å². The highest BCUT2D eigenvalue weighted by Gasteiger charge is 2.30. The van der Waals surface area contributed by atoms with E-state index in [1.54, 1.807) is 6.20 Å². The molecule has 8 nitrogen and oxygen atoms in total. The number of carbonyl (C=O) groups is 1. The van der Waals surface area contributed by atoms with Gasteiger partial charge in [-0.25, -0.2) is 0 Å². The van der Waals surface area contributed by atoms with Crippen molar-refractivity contribution in [3.05, 3.63) is 59.5 Å². The molecule has 2 aromatic heterocycles. The highest BCUT2D eigenvalue weighted by Crippen LogP contribution is 2.45. The monoisotopic (exact) mass is 455 g/mol. The molecule has 3 N–H and O–H groups in total. The van der Waals surface area contributed by atoms with Crippen LogP contribution in [0.5, 0.6) is 0 Å². The van der Waals surface area contributed by atoms with Crippen LogP contribution >= 0.6 is 0 Å². The van der Waals surface area contributed by atoms with Gasteiger partial charge in [-0.15, -0.1) is 0 Å². The zero-order chi connectivity index (χ0) is 23.2. The van der Waals surface area contributed by atoms with Crippen molar-refractivity contribution in [2.75, 3.05) is 43.4 Å². The van der Waals surface area contributed by atoms with Gasteiger partial charge in [0.1, 0.15) is 0 Å². The lowest BCUT2D eigenvalue weighted by Crippen LogP contribution is -2.44. The summed E-state index contributed by atoms with van der Waals surface area (Å²) in [5.41, 5.74) is 7.75. The first-order valence-electron chi connectivity index (χ1n) is 11.9. The molecular formula is C26H29N7O. The van der Waals surface area contributed by atoms with E-state index >= 15 is 0 Å². The molecule has 3 heterocycles. The quantitative estimate of drug-likeness (QED) is 0.421. The number of H-pyrrole nitrogens is 2. The van der Waals surface area contributed by atoms with E-state index in [1.165, 1.54) is 12.8 Å². The number of likely N-dealkylation sites (N-methyl/N-ethyl adjacent to an activating group) is 1. The highest BCUT2D eigenvalue weighted by atomic mass is 16.1. The van der Waals surface area contributed by atoms with E-state index in [0.29, 0.717) is 11.5 Å². The summed E-state index contributed by atoms with van der Waals surface area (Å²) in [5, 5.41) is 19.0. The van der Waals surface area contributed by atoms with Crippen LogP contribution in [0.4, 0.5) is 11.4 Å². The fraction of sp³-hybridized carbons (Fsp3) is 0.346. The zero-order valence-corrected chi connectivity index (χ0v) is 19.6. The van der Waals surface area contributed by atoms with Crippen molar-refractivity contribution in [3.63, 3.8) is 0 Å². The van der Waals surface area contributed by atoms with Crippen LogP contribution in [0.25, 0.3) is 22.0 Å². The number of aromatic nitrogens is 4. The third-order valence-electron chi connectivity index (χ3n) is 7.03. The molecule has 2 fully saturated rings. The second kappa shape index (κ2) is 8.29. The third-order valence-corrected chi connectivity index (χ3v) is 7.03. The van der Waals surface area contributed by atoms with Crippen LogP contribution in [0.1, 0.15) is 40.5 Å². The summed E-state index contributed by atoms with van der Waals surface area (Å²) in [7, 11) is 2.15. The number of aryl methyl sites for hydroxylation is 1. The number of piperazine rings is 1. The minimum atomic E-state index is -0.129. The number of amides is 1. The lowest BCUT2D eigenvalue weighted by molar-refractivity contribution is 0.102. The topological polar surface area (TPSA) is 92.9 Å². The summed E-state index contributed by atoms with van der Waals surface area (Å²) < 4.78 is 0. The molecule has 1 amide bonds. The Balaban J connectivity index is 1.28. The van der Waals surface area contributed by atoms with Crippen molar-refractivity contribution >= 4 is 28.2 Å². The van der Waals surface area contributed by atoms with Crippen LogP contribution in [0.3, 0.4) is 0 Å². The SMILES string of the molecule is Cc1[nH]nc(C2CC2)c1-c1cc(NC(=O)c2ccc(N3CCN(C)CC3)cc2)c2cn[nH]c2c1. The van der Waals surface area contributed by atoms with Crippen molar-refractivity contribution in [1.82, 2.24) is 25.3 Å². The smallest absolute Gasteiger partial charge is 0.255 e. The molecule has 4 aromatic rings. The van der Waals surface area contributed by atoms with E-state index in [-0.39, 0.29) is 5.91 Å². The highest BCUT2D eigenvalue weighted by molar-refractivity contribution is 6.09. The van der Waals surface area contributed by atoms with Gasteiger partial charge in [0, 0.05) is 60.0 Å². The maximum atomic E-state index is 13.2. The molecule has 0 bridgehead atoms. The summed E-state index contributed by atoms with van der Waals surface area (Å²) in [4.78, 5) is 17.9. The minimum Gasteiger partial charge on any atom is -0.369 e. The molecule has 1 saturated carbocycles. The number of aromatic amines is 2. The first-order valence-corrected chi connectivity index (χ1v) is 11.9. The van der Waals surface area contributed by atoms with Gasteiger partial charge >= 0.3 is 0 Å². The van der Waals surface area contributed by atoms with Crippen molar-refractivity contribution in [1.29, 1.82) is 0 Å². The molecule has 1 aliphatic carbocycles. The predicted molar refractivity (Wildman–Crippen MR) is 134 cm³/mol. The standard InChI is InChI=1S/C26H29N7O/c1-16-24(25(31-29-16)17-3-4-17)19-13-22(21-15-27-30-23(21)14-19)28-26(34)18-5-7-20(8-6-18)33-11-9-32(2)10-12-33/h5-8,13-15,17H,3-4,9-12H2,1-2H3,(H,27,30)(H,28,34)(H,29,31). The fourth-order valence-electron chi connectivity index (χ4n) is 4.85. The maximum absolute atomic E-state index is 13.2. The number of hydrogen-bond acceptors (Lipinski definition) is 5. The van der Waals surface area contributed by atoms with E-state index in [0.717, 1.165) is 71.0 Å². The van der Waals surface area contributed by atoms with E-state index in [1.807, 2.05) is 37.3 Å². The molecule has 0 radical (unpaired) electrons. The van der Waals surface area contributed by atoms with Crippen LogP contribution in [0.15, 0.2) is 42.6 Å². The van der Waals surface area contributed by atoms with Gasteiger partial charge in [-0.1, -0.05) is 0 Å². The Labute approximate surface area is 198 Å². The first kappa shape index (κ1) is 20.9. The molecule has 0 atom stereocenters. The largest absolute Gasteiger partial charge is 0.369 e. The Morgan fingerprint density at radius 1 is 1.06 bits per heavy atom. The molecule has 2 aliphatic rings. The summed E-state index contributed by atoms with van der Waals surface area (Å²) in [5.74, 6) is 0.394. The Morgan fingerprint density at radius 3 is 2.56 bits per heavy atom. The Kier molecular flexibility index (Phi) is 5.10. The lowest BCUT2D eigenvalue weighted by Gasteiger charge is -2.34. The minimum absolute atomic E-state index is 0.129. The van der Waals surface area contributed by atoms with Crippen molar-refractivity contribution in [2.45, 2.75) is 25.7 Å². The number of fused-ring (bicyclic) bond motifs is 1. The van der Waals surface area contributed by atoms with E-state index < -0.39 is 0 Å². The van der Waals surface area contributed by atoms with Gasteiger partial charge < -0.3 is 15.1 Å². The molecule has 0 unspecified atom stereocenters. The number of nitrogens with one attached hydrogen (secondary N) is 3. The van der Waals surface area contributed by atoms with Crippen LogP contribution in [-0.4, -0.2) is 64.4 Å². The van der Waals surface area contributed by atoms with Crippen LogP contribution in [0.2, 0.25) is 0 Å². The zero-order valence-electron chi connectivity index (χ0n) is 19.6. The van der Waals surface area contributed by atoms with E-state index in [9.17, 15) is 4.79 Å². The third kappa shape index (κ3) is 3.84. The normalized spacial score (nSPS) is 16.8. The van der Waals surface area contributed by atoms with Crippen molar-refractivity contribution in [3.8, 4) is 11.1 Å². The van der Waals surface area contributed by atoms with Gasteiger partial charge in [0.2, 0.25) is 0 Å². The van der Waals surface area contributed by atoms with Gasteiger partial charge in [-0.05, 0) is 68.8 Å². The number of hydrogen-bond donors (Lipinski definition) is 3. The average molecular weight is 456 g/mol. The summed E-state index contributed by atoms with van der Waals surface area (Å²) in [6.45, 7) is 6.16. The number of benzene rings is 2. The second-order valence-electron chi connectivity index (χ2n) is 9.53. The molecule has 8 heteroatoms. The average Bonchev–Trinajstić information content (AvgIpc) is 3.45. The van der Waals surface area contributed by atoms with Gasteiger partial charge in [0.05, 0.1) is 23.1 Å². The maximum Gasteiger partial charge on any atom is 0.255 e. The number of anilines is 2. The number of nitrogens with zero attached hydrogens (tertiary/aromatic N) is 4. The molecule has 2 aromatic carbocycles. The van der Waals surface area contributed by atoms with Gasteiger partial charge in [-0.2, -0.15) is 10.2 Å². The molecule has 0 spiro atoms. The van der Waals surface area contributed by atoms with Crippen LogP contribution < -0.4 is 10.2 Å². The molecule has 174 valence electrons. The van der Waals surface area contributed by atoms with Crippen LogP contribution in [0, 0.1) is 6.92 Å². The Morgan fingerprint density at radius 2 is 1.82 bits per heavy atom. The van der Waals surface area contributed by atoms with Gasteiger partial charge in [0.15, 0.2) is 0 Å². The first-order chi connectivity index (χ1) is 16.6.